The van der Waals surface area contributed by atoms with Crippen LogP contribution in [0.5, 0.6) is 0 Å². The van der Waals surface area contributed by atoms with E-state index in [1.165, 1.54) is 5.69 Å². The Morgan fingerprint density at radius 1 is 0.889 bits per heavy atom. The molecule has 140 valence electrons. The van der Waals surface area contributed by atoms with Crippen LogP contribution >= 0.6 is 0 Å². The molecule has 0 atom stereocenters. The number of benzene rings is 1. The molecule has 0 bridgehead atoms. The Labute approximate surface area is 157 Å². The van der Waals surface area contributed by atoms with Crippen LogP contribution in [0.2, 0.25) is 0 Å². The van der Waals surface area contributed by atoms with Gasteiger partial charge in [-0.2, -0.15) is 5.10 Å². The normalized spacial score (nSPS) is 18.2. The maximum atomic E-state index is 5.53. The van der Waals surface area contributed by atoms with Crippen LogP contribution in [0.15, 0.2) is 36.5 Å². The number of aromatic amines is 1. The largest absolute Gasteiger partial charge is 0.378 e. The van der Waals surface area contributed by atoms with Gasteiger partial charge in [-0.05, 0) is 12.1 Å². The number of morpholine rings is 2. The van der Waals surface area contributed by atoms with Crippen molar-refractivity contribution in [2.75, 3.05) is 62.4 Å². The van der Waals surface area contributed by atoms with Gasteiger partial charge in [-0.3, -0.25) is 5.10 Å². The van der Waals surface area contributed by atoms with Gasteiger partial charge >= 0.3 is 0 Å². The van der Waals surface area contributed by atoms with Crippen molar-refractivity contribution in [3.05, 3.63) is 36.5 Å². The molecule has 7 nitrogen and oxygen atoms in total. The highest BCUT2D eigenvalue weighted by Crippen LogP contribution is 2.32. The Kier molecular flexibility index (Phi) is 4.39. The molecule has 2 aromatic heterocycles. The van der Waals surface area contributed by atoms with Crippen LogP contribution in [0.25, 0.3) is 22.2 Å². The fraction of sp³-hybridized carbons (Fsp3) is 0.400. The second-order valence-corrected chi connectivity index (χ2v) is 6.90. The van der Waals surface area contributed by atoms with E-state index >= 15 is 0 Å². The highest BCUT2D eigenvalue weighted by atomic mass is 16.5. The molecule has 4 heterocycles. The third kappa shape index (κ3) is 3.24. The van der Waals surface area contributed by atoms with Crippen LogP contribution in [0.3, 0.4) is 0 Å². The van der Waals surface area contributed by atoms with Crippen molar-refractivity contribution in [3.8, 4) is 11.3 Å². The van der Waals surface area contributed by atoms with Crippen LogP contribution in [0, 0.1) is 0 Å². The highest BCUT2D eigenvalue weighted by Gasteiger charge is 2.19. The Balaban J connectivity index is 1.61. The maximum Gasteiger partial charge on any atom is 0.131 e. The maximum absolute atomic E-state index is 5.53. The summed E-state index contributed by atoms with van der Waals surface area (Å²) in [6.45, 7) is 6.57. The monoisotopic (exact) mass is 365 g/mol. The molecule has 0 saturated carbocycles. The van der Waals surface area contributed by atoms with Gasteiger partial charge in [0.2, 0.25) is 0 Å². The second kappa shape index (κ2) is 7.17. The number of aromatic nitrogens is 3. The quantitative estimate of drug-likeness (QED) is 0.768. The van der Waals surface area contributed by atoms with Gasteiger partial charge < -0.3 is 19.3 Å². The summed E-state index contributed by atoms with van der Waals surface area (Å²) in [6, 6.07) is 10.6. The standard InChI is InChI=1S/C20H23N5O2/c1-2-16(17-14-21-23-18(17)3-1)19-12-15(24-4-8-26-9-5-24)13-20(22-19)25-6-10-27-11-7-25/h1-3,12-14H,4-11H2,(H,21,23). The van der Waals surface area contributed by atoms with Gasteiger partial charge in [0.15, 0.2) is 0 Å². The van der Waals surface area contributed by atoms with Gasteiger partial charge in [-0.1, -0.05) is 12.1 Å². The number of hydrogen-bond donors (Lipinski definition) is 1. The van der Waals surface area contributed by atoms with Crippen molar-refractivity contribution in [1.82, 2.24) is 15.2 Å². The minimum Gasteiger partial charge on any atom is -0.378 e. The molecule has 3 aromatic rings. The van der Waals surface area contributed by atoms with Crippen molar-refractivity contribution >= 4 is 22.4 Å². The summed E-state index contributed by atoms with van der Waals surface area (Å²) >= 11 is 0. The van der Waals surface area contributed by atoms with E-state index in [1.54, 1.807) is 0 Å². The number of pyridine rings is 1. The number of nitrogens with zero attached hydrogens (tertiary/aromatic N) is 4. The van der Waals surface area contributed by atoms with E-state index in [-0.39, 0.29) is 0 Å². The molecule has 1 N–H and O–H groups in total. The SMILES string of the molecule is c1cc(-c2cc(N3CCOCC3)cc(N3CCOCC3)n2)c2cn[nH]c2c1. The Morgan fingerprint density at radius 3 is 2.41 bits per heavy atom. The first-order valence-electron chi connectivity index (χ1n) is 9.48. The molecule has 0 spiro atoms. The van der Waals surface area contributed by atoms with Gasteiger partial charge in [0.25, 0.3) is 0 Å². The number of anilines is 2. The van der Waals surface area contributed by atoms with Crippen molar-refractivity contribution in [2.45, 2.75) is 0 Å². The molecule has 2 saturated heterocycles. The number of rotatable bonds is 3. The number of fused-ring (bicyclic) bond motifs is 1. The summed E-state index contributed by atoms with van der Waals surface area (Å²) in [5.41, 5.74) is 4.31. The molecule has 5 rings (SSSR count). The van der Waals surface area contributed by atoms with Gasteiger partial charge in [-0.15, -0.1) is 0 Å². The first-order valence-corrected chi connectivity index (χ1v) is 9.48. The van der Waals surface area contributed by atoms with Gasteiger partial charge in [0, 0.05) is 48.9 Å². The molecular weight excluding hydrogens is 342 g/mol. The van der Waals surface area contributed by atoms with Crippen LogP contribution in [-0.2, 0) is 9.47 Å². The van der Waals surface area contributed by atoms with Crippen molar-refractivity contribution in [3.63, 3.8) is 0 Å². The van der Waals surface area contributed by atoms with Gasteiger partial charge in [-0.25, -0.2) is 4.98 Å². The minimum absolute atomic E-state index is 0.746. The molecule has 0 radical (unpaired) electrons. The molecule has 1 aromatic carbocycles. The molecule has 2 aliphatic heterocycles. The predicted molar refractivity (Wildman–Crippen MR) is 105 cm³/mol. The molecule has 2 aliphatic rings. The predicted octanol–water partition coefficient (Wildman–Crippen LogP) is 2.30. The second-order valence-electron chi connectivity index (χ2n) is 6.90. The fourth-order valence-corrected chi connectivity index (χ4v) is 3.79. The Hall–Kier alpha value is -2.64. The highest BCUT2D eigenvalue weighted by molar-refractivity contribution is 5.94. The summed E-state index contributed by atoms with van der Waals surface area (Å²) in [6.07, 6.45) is 1.88. The first kappa shape index (κ1) is 16.5. The van der Waals surface area contributed by atoms with E-state index in [1.807, 2.05) is 18.3 Å². The van der Waals surface area contributed by atoms with Crippen LogP contribution < -0.4 is 9.80 Å². The molecule has 2 fully saturated rings. The van der Waals surface area contributed by atoms with Gasteiger partial charge in [0.05, 0.1) is 43.8 Å². The summed E-state index contributed by atoms with van der Waals surface area (Å²) < 4.78 is 11.1. The van der Waals surface area contributed by atoms with Crippen LogP contribution in [-0.4, -0.2) is 67.8 Å². The molecule has 7 heteroatoms. The lowest BCUT2D eigenvalue weighted by atomic mass is 10.1. The molecule has 0 unspecified atom stereocenters. The first-order chi connectivity index (χ1) is 13.4. The average Bonchev–Trinajstić information content (AvgIpc) is 3.24. The zero-order chi connectivity index (χ0) is 18.1. The lowest BCUT2D eigenvalue weighted by molar-refractivity contribution is 0.122. The van der Waals surface area contributed by atoms with Crippen molar-refractivity contribution in [1.29, 1.82) is 0 Å². The van der Waals surface area contributed by atoms with Gasteiger partial charge in [0.1, 0.15) is 5.82 Å². The topological polar surface area (TPSA) is 66.5 Å². The summed E-state index contributed by atoms with van der Waals surface area (Å²) in [4.78, 5) is 9.72. The third-order valence-electron chi connectivity index (χ3n) is 5.27. The Morgan fingerprint density at radius 2 is 1.63 bits per heavy atom. The molecule has 0 amide bonds. The third-order valence-corrected chi connectivity index (χ3v) is 5.27. The number of H-pyrrole nitrogens is 1. The zero-order valence-corrected chi connectivity index (χ0v) is 15.2. The molecular formula is C20H23N5O2. The smallest absolute Gasteiger partial charge is 0.131 e. The van der Waals surface area contributed by atoms with E-state index in [2.05, 4.69) is 38.2 Å². The summed E-state index contributed by atoms with van der Waals surface area (Å²) in [7, 11) is 0. The average molecular weight is 365 g/mol. The van der Waals surface area contributed by atoms with E-state index < -0.39 is 0 Å². The van der Waals surface area contributed by atoms with Crippen LogP contribution in [0.1, 0.15) is 0 Å². The van der Waals surface area contributed by atoms with Crippen molar-refractivity contribution in [2.24, 2.45) is 0 Å². The minimum atomic E-state index is 0.746. The summed E-state index contributed by atoms with van der Waals surface area (Å²) in [5, 5.41) is 8.35. The van der Waals surface area contributed by atoms with E-state index in [0.29, 0.717) is 0 Å². The lowest BCUT2D eigenvalue weighted by Gasteiger charge is -2.32. The van der Waals surface area contributed by atoms with E-state index in [4.69, 9.17) is 14.5 Å². The summed E-state index contributed by atoms with van der Waals surface area (Å²) in [5.74, 6) is 1.01. The van der Waals surface area contributed by atoms with E-state index in [9.17, 15) is 0 Å². The fourth-order valence-electron chi connectivity index (χ4n) is 3.79. The Bertz CT molecular complexity index is 893. The number of hydrogen-bond acceptors (Lipinski definition) is 6. The number of nitrogens with one attached hydrogen (secondary N) is 1. The van der Waals surface area contributed by atoms with Crippen LogP contribution in [0.4, 0.5) is 11.5 Å². The van der Waals surface area contributed by atoms with Crippen molar-refractivity contribution < 1.29 is 9.47 Å². The number of ether oxygens (including phenoxy) is 2. The lowest BCUT2D eigenvalue weighted by Crippen LogP contribution is -2.38. The van der Waals surface area contributed by atoms with E-state index in [0.717, 1.165) is 80.6 Å². The zero-order valence-electron chi connectivity index (χ0n) is 15.2. The molecule has 27 heavy (non-hydrogen) atoms. The molecule has 0 aliphatic carbocycles.